The van der Waals surface area contributed by atoms with Crippen LogP contribution < -0.4 is 0 Å². The lowest BCUT2D eigenvalue weighted by molar-refractivity contribution is -0.165. The van der Waals surface area contributed by atoms with Crippen LogP contribution in [0.25, 0.3) is 0 Å². The van der Waals surface area contributed by atoms with E-state index in [2.05, 4.69) is 32.9 Å². The molecule has 0 aliphatic carbocycles. The first-order valence-corrected chi connectivity index (χ1v) is 27.9. The summed E-state index contributed by atoms with van der Waals surface area (Å²) >= 11 is 0. The first kappa shape index (κ1) is 60.9. The average molecular weight is 887 g/mol. The number of ether oxygens (including phenoxy) is 3. The summed E-state index contributed by atoms with van der Waals surface area (Å²) in [6.45, 7) is 6.60. The van der Waals surface area contributed by atoms with Gasteiger partial charge in [0.15, 0.2) is 6.10 Å². The molecule has 0 aromatic rings. The van der Waals surface area contributed by atoms with E-state index in [9.17, 15) is 14.4 Å². The molecule has 0 radical (unpaired) electrons. The highest BCUT2D eigenvalue weighted by Crippen LogP contribution is 2.16. The van der Waals surface area contributed by atoms with Crippen molar-refractivity contribution in [2.24, 2.45) is 0 Å². The molecule has 1 unspecified atom stereocenters. The molecule has 6 heteroatoms. The fourth-order valence-electron chi connectivity index (χ4n) is 8.28. The molecule has 0 fully saturated rings. The molecule has 0 N–H and O–H groups in total. The largest absolute Gasteiger partial charge is 0.462 e. The topological polar surface area (TPSA) is 78.9 Å². The minimum Gasteiger partial charge on any atom is -0.462 e. The number of allylic oxidation sites excluding steroid dienone is 3. The molecule has 63 heavy (non-hydrogen) atoms. The van der Waals surface area contributed by atoms with Gasteiger partial charge in [-0.15, -0.1) is 0 Å². The Morgan fingerprint density at radius 2 is 0.619 bits per heavy atom. The third kappa shape index (κ3) is 50.7. The SMILES string of the molecule is CCCCCCCCC=CCCCCCCCC(=O)OC(COC(=O)C=CCCCCCCCCCCCCCCCCC)COC(=O)CCCCCCCCCCCCCCC. The Morgan fingerprint density at radius 1 is 0.333 bits per heavy atom. The molecule has 370 valence electrons. The van der Waals surface area contributed by atoms with Crippen LogP contribution in [-0.2, 0) is 28.6 Å². The van der Waals surface area contributed by atoms with Crippen LogP contribution in [0.1, 0.15) is 303 Å². The van der Waals surface area contributed by atoms with Crippen molar-refractivity contribution in [1.82, 2.24) is 0 Å². The standard InChI is InChI=1S/C57H106O6/c1-4-7-10-13-16-19-22-25-27-28-30-32-35-38-41-44-47-50-56(59)62-53-54(52-61-55(58)49-46-43-40-37-34-31-24-21-18-15-12-9-6-3)63-57(60)51-48-45-42-39-36-33-29-26-23-20-17-14-11-8-5-2/h26,29,47,50,54H,4-25,27-28,30-46,48-49,51-53H2,1-3H3. The van der Waals surface area contributed by atoms with E-state index in [0.717, 1.165) is 64.2 Å². The van der Waals surface area contributed by atoms with Gasteiger partial charge in [0.1, 0.15) is 13.2 Å². The molecule has 0 aromatic heterocycles. The number of hydrogen-bond donors (Lipinski definition) is 0. The second-order valence-electron chi connectivity index (χ2n) is 18.9. The van der Waals surface area contributed by atoms with E-state index in [0.29, 0.717) is 12.8 Å². The third-order valence-corrected chi connectivity index (χ3v) is 12.5. The summed E-state index contributed by atoms with van der Waals surface area (Å²) in [6, 6.07) is 0. The van der Waals surface area contributed by atoms with E-state index in [1.165, 1.54) is 212 Å². The van der Waals surface area contributed by atoms with Crippen LogP contribution in [0.15, 0.2) is 24.3 Å². The lowest BCUT2D eigenvalue weighted by Gasteiger charge is -2.18. The maximum absolute atomic E-state index is 12.8. The lowest BCUT2D eigenvalue weighted by Crippen LogP contribution is -2.30. The normalized spacial score (nSPS) is 12.1. The molecular formula is C57H106O6. The molecule has 0 aliphatic heterocycles. The summed E-state index contributed by atoms with van der Waals surface area (Å²) in [5.74, 6) is -1.07. The van der Waals surface area contributed by atoms with Gasteiger partial charge in [0.2, 0.25) is 0 Å². The molecular weight excluding hydrogens is 781 g/mol. The number of hydrogen-bond acceptors (Lipinski definition) is 6. The van der Waals surface area contributed by atoms with Crippen molar-refractivity contribution in [2.45, 2.75) is 309 Å². The van der Waals surface area contributed by atoms with E-state index in [1.54, 1.807) is 0 Å². The zero-order valence-corrected chi connectivity index (χ0v) is 42.4. The Labute approximate surface area is 392 Å². The molecule has 0 amide bonds. The molecule has 0 aromatic carbocycles. The van der Waals surface area contributed by atoms with Gasteiger partial charge < -0.3 is 14.2 Å². The number of esters is 3. The molecule has 0 aliphatic rings. The monoisotopic (exact) mass is 887 g/mol. The number of carbonyl (C=O) groups excluding carboxylic acids is 3. The number of carbonyl (C=O) groups is 3. The summed E-state index contributed by atoms with van der Waals surface area (Å²) < 4.78 is 16.7. The van der Waals surface area contributed by atoms with Crippen molar-refractivity contribution < 1.29 is 28.6 Å². The van der Waals surface area contributed by atoms with Gasteiger partial charge in [-0.2, -0.15) is 0 Å². The van der Waals surface area contributed by atoms with Crippen LogP contribution in [0.3, 0.4) is 0 Å². The van der Waals surface area contributed by atoms with Crippen molar-refractivity contribution in [3.8, 4) is 0 Å². The van der Waals surface area contributed by atoms with Gasteiger partial charge in [0, 0.05) is 18.9 Å². The Morgan fingerprint density at radius 3 is 0.984 bits per heavy atom. The van der Waals surface area contributed by atoms with E-state index in [-0.39, 0.29) is 25.2 Å². The van der Waals surface area contributed by atoms with E-state index >= 15 is 0 Å². The molecule has 0 saturated heterocycles. The molecule has 0 saturated carbocycles. The highest BCUT2D eigenvalue weighted by atomic mass is 16.6. The van der Waals surface area contributed by atoms with Crippen molar-refractivity contribution in [3.05, 3.63) is 24.3 Å². The fraction of sp³-hybridized carbons (Fsp3) is 0.877. The van der Waals surface area contributed by atoms with Crippen molar-refractivity contribution in [3.63, 3.8) is 0 Å². The summed E-state index contributed by atoms with van der Waals surface area (Å²) in [5.41, 5.74) is 0. The summed E-state index contributed by atoms with van der Waals surface area (Å²) in [4.78, 5) is 38.0. The van der Waals surface area contributed by atoms with Crippen LogP contribution in [0.5, 0.6) is 0 Å². The van der Waals surface area contributed by atoms with Gasteiger partial charge in [0.25, 0.3) is 0 Å². The van der Waals surface area contributed by atoms with Crippen LogP contribution in [0, 0.1) is 0 Å². The Kier molecular flexibility index (Phi) is 50.8. The van der Waals surface area contributed by atoms with Crippen LogP contribution in [0.2, 0.25) is 0 Å². The van der Waals surface area contributed by atoms with E-state index < -0.39 is 12.1 Å². The average Bonchev–Trinajstić information content (AvgIpc) is 3.28. The van der Waals surface area contributed by atoms with Crippen molar-refractivity contribution in [1.29, 1.82) is 0 Å². The third-order valence-electron chi connectivity index (χ3n) is 12.5. The summed E-state index contributed by atoms with van der Waals surface area (Å²) in [5, 5.41) is 0. The number of unbranched alkanes of at least 4 members (excludes halogenated alkanes) is 38. The predicted molar refractivity (Wildman–Crippen MR) is 270 cm³/mol. The summed E-state index contributed by atoms with van der Waals surface area (Å²) in [6.07, 6.45) is 60.6. The smallest absolute Gasteiger partial charge is 0.330 e. The minimum atomic E-state index is -0.802. The quantitative estimate of drug-likeness (QED) is 0.0199. The molecule has 6 nitrogen and oxygen atoms in total. The molecule has 0 bridgehead atoms. The fourth-order valence-corrected chi connectivity index (χ4v) is 8.28. The van der Waals surface area contributed by atoms with Crippen LogP contribution in [-0.4, -0.2) is 37.2 Å². The maximum atomic E-state index is 12.8. The highest BCUT2D eigenvalue weighted by Gasteiger charge is 2.19. The maximum Gasteiger partial charge on any atom is 0.330 e. The van der Waals surface area contributed by atoms with Crippen LogP contribution >= 0.6 is 0 Å². The van der Waals surface area contributed by atoms with Crippen molar-refractivity contribution >= 4 is 17.9 Å². The Bertz CT molecular complexity index is 1020. The molecule has 1 atom stereocenters. The van der Waals surface area contributed by atoms with E-state index in [4.69, 9.17) is 14.2 Å². The zero-order valence-electron chi connectivity index (χ0n) is 42.4. The number of rotatable bonds is 51. The van der Waals surface area contributed by atoms with Gasteiger partial charge in [-0.3, -0.25) is 9.59 Å². The van der Waals surface area contributed by atoms with Crippen molar-refractivity contribution in [2.75, 3.05) is 13.2 Å². The highest BCUT2D eigenvalue weighted by molar-refractivity contribution is 5.81. The van der Waals surface area contributed by atoms with Gasteiger partial charge in [-0.25, -0.2) is 4.79 Å². The molecule has 0 rings (SSSR count). The first-order chi connectivity index (χ1) is 31.0. The summed E-state index contributed by atoms with van der Waals surface area (Å²) in [7, 11) is 0. The lowest BCUT2D eigenvalue weighted by atomic mass is 10.0. The van der Waals surface area contributed by atoms with Crippen LogP contribution in [0.4, 0.5) is 0 Å². The molecule has 0 heterocycles. The van der Waals surface area contributed by atoms with Gasteiger partial charge in [-0.1, -0.05) is 257 Å². The van der Waals surface area contributed by atoms with Gasteiger partial charge in [0.05, 0.1) is 0 Å². The zero-order chi connectivity index (χ0) is 45.8. The minimum absolute atomic E-state index is 0.0918. The second kappa shape index (κ2) is 52.5. The van der Waals surface area contributed by atoms with E-state index in [1.807, 2.05) is 6.08 Å². The predicted octanol–water partition coefficient (Wildman–Crippen LogP) is 18.3. The Balaban J connectivity index is 4.38. The van der Waals surface area contributed by atoms with Gasteiger partial charge in [-0.05, 0) is 51.4 Å². The Hall–Kier alpha value is -2.11. The second-order valence-corrected chi connectivity index (χ2v) is 18.9. The molecule has 0 spiro atoms. The first-order valence-electron chi connectivity index (χ1n) is 27.9. The van der Waals surface area contributed by atoms with Gasteiger partial charge >= 0.3 is 17.9 Å².